The molecule has 3 rings (SSSR count). The third-order valence-corrected chi connectivity index (χ3v) is 3.39. The number of nitrogen functional groups attached to an aromatic ring is 1. The van der Waals surface area contributed by atoms with Crippen LogP contribution in [0.5, 0.6) is 0 Å². The fraction of sp³-hybridized carbons (Fsp3) is 0.100. The summed E-state index contributed by atoms with van der Waals surface area (Å²) in [6, 6.07) is 5.01. The summed E-state index contributed by atoms with van der Waals surface area (Å²) in [5.41, 5.74) is 6.51. The van der Waals surface area contributed by atoms with Gasteiger partial charge in [-0.2, -0.15) is 0 Å². The zero-order valence-electron chi connectivity index (χ0n) is 9.86. The van der Waals surface area contributed by atoms with Crippen LogP contribution in [-0.2, 0) is 7.05 Å². The number of nitrogens with two attached hydrogens (primary N) is 1. The number of H-pyrrole nitrogens is 1. The van der Waals surface area contributed by atoms with Crippen molar-refractivity contribution in [3.63, 3.8) is 0 Å². The SMILES string of the molecule is Cn1nnnc1Sc1nc2ccc(N)cc2c(=O)[nH]1. The van der Waals surface area contributed by atoms with Crippen molar-refractivity contribution in [2.45, 2.75) is 10.3 Å². The van der Waals surface area contributed by atoms with E-state index in [1.807, 2.05) is 0 Å². The number of hydrogen-bond acceptors (Lipinski definition) is 7. The van der Waals surface area contributed by atoms with E-state index in [1.165, 1.54) is 16.4 Å². The molecule has 2 aromatic heterocycles. The molecule has 0 unspecified atom stereocenters. The van der Waals surface area contributed by atoms with Gasteiger partial charge < -0.3 is 10.7 Å². The third-order valence-electron chi connectivity index (χ3n) is 2.48. The van der Waals surface area contributed by atoms with Crippen molar-refractivity contribution in [3.05, 3.63) is 28.6 Å². The molecule has 0 saturated heterocycles. The summed E-state index contributed by atoms with van der Waals surface area (Å²) in [6.45, 7) is 0. The average molecular weight is 275 g/mol. The van der Waals surface area contributed by atoms with Crippen molar-refractivity contribution >= 4 is 28.4 Å². The van der Waals surface area contributed by atoms with Crippen LogP contribution in [0.25, 0.3) is 10.9 Å². The molecule has 0 atom stereocenters. The van der Waals surface area contributed by atoms with Crippen molar-refractivity contribution in [2.24, 2.45) is 7.05 Å². The Balaban J connectivity index is 2.09. The van der Waals surface area contributed by atoms with Crippen LogP contribution < -0.4 is 11.3 Å². The highest BCUT2D eigenvalue weighted by Crippen LogP contribution is 2.21. The summed E-state index contributed by atoms with van der Waals surface area (Å²) in [6.07, 6.45) is 0. The van der Waals surface area contributed by atoms with Gasteiger partial charge in [0.15, 0.2) is 5.16 Å². The molecule has 8 nitrogen and oxygen atoms in total. The minimum absolute atomic E-state index is 0.241. The van der Waals surface area contributed by atoms with Gasteiger partial charge in [0.05, 0.1) is 10.9 Å². The Morgan fingerprint density at radius 2 is 2.26 bits per heavy atom. The van der Waals surface area contributed by atoms with Gasteiger partial charge in [-0.05, 0) is 40.4 Å². The van der Waals surface area contributed by atoms with E-state index in [4.69, 9.17) is 5.73 Å². The molecule has 19 heavy (non-hydrogen) atoms. The molecular weight excluding hydrogens is 266 g/mol. The van der Waals surface area contributed by atoms with E-state index < -0.39 is 0 Å². The highest BCUT2D eigenvalue weighted by atomic mass is 32.2. The molecule has 0 aliphatic carbocycles. The molecule has 9 heteroatoms. The second kappa shape index (κ2) is 4.35. The Labute approximate surface area is 111 Å². The van der Waals surface area contributed by atoms with Crippen molar-refractivity contribution in [2.75, 3.05) is 5.73 Å². The Hall–Kier alpha value is -2.42. The van der Waals surface area contributed by atoms with Crippen LogP contribution in [0.3, 0.4) is 0 Å². The van der Waals surface area contributed by atoms with Gasteiger partial charge in [0.1, 0.15) is 0 Å². The van der Waals surface area contributed by atoms with Crippen molar-refractivity contribution in [1.82, 2.24) is 30.2 Å². The molecular formula is C10H9N7OS. The molecule has 0 spiro atoms. The Morgan fingerprint density at radius 1 is 1.42 bits per heavy atom. The zero-order valence-corrected chi connectivity index (χ0v) is 10.7. The number of anilines is 1. The van der Waals surface area contributed by atoms with Crippen molar-refractivity contribution in [3.8, 4) is 0 Å². The predicted molar refractivity (Wildman–Crippen MR) is 69.7 cm³/mol. The summed E-state index contributed by atoms with van der Waals surface area (Å²) in [5, 5.41) is 12.5. The van der Waals surface area contributed by atoms with Crippen LogP contribution in [0.15, 0.2) is 33.3 Å². The standard InChI is InChI=1S/C10H9N7OS/c1-17-10(14-15-16-17)19-9-12-7-3-2-5(11)4-6(7)8(18)13-9/h2-4H,11H2,1H3,(H,12,13,18). The molecule has 0 aliphatic heterocycles. The van der Waals surface area contributed by atoms with E-state index in [1.54, 1.807) is 25.2 Å². The van der Waals surface area contributed by atoms with Crippen molar-refractivity contribution in [1.29, 1.82) is 0 Å². The van der Waals surface area contributed by atoms with E-state index in [-0.39, 0.29) is 5.56 Å². The minimum Gasteiger partial charge on any atom is -0.399 e. The predicted octanol–water partition coefficient (Wildman–Crippen LogP) is 0.180. The van der Waals surface area contributed by atoms with Crippen molar-refractivity contribution < 1.29 is 0 Å². The van der Waals surface area contributed by atoms with E-state index in [9.17, 15) is 4.79 Å². The largest absolute Gasteiger partial charge is 0.399 e. The van der Waals surface area contributed by atoms with Gasteiger partial charge in [-0.15, -0.1) is 5.10 Å². The quantitative estimate of drug-likeness (QED) is 0.506. The average Bonchev–Trinajstić information content (AvgIpc) is 2.76. The highest BCUT2D eigenvalue weighted by molar-refractivity contribution is 7.99. The third kappa shape index (κ3) is 2.15. The summed E-state index contributed by atoms with van der Waals surface area (Å²) < 4.78 is 1.50. The molecule has 0 amide bonds. The molecule has 96 valence electrons. The summed E-state index contributed by atoms with van der Waals surface area (Å²) in [7, 11) is 1.71. The summed E-state index contributed by atoms with van der Waals surface area (Å²) in [4.78, 5) is 19.0. The maximum absolute atomic E-state index is 11.9. The van der Waals surface area contributed by atoms with Gasteiger partial charge >= 0.3 is 0 Å². The van der Waals surface area contributed by atoms with Gasteiger partial charge in [-0.3, -0.25) is 4.79 Å². The number of aromatic nitrogens is 6. The minimum atomic E-state index is -0.241. The first-order chi connectivity index (χ1) is 9.13. The molecule has 0 aliphatic rings. The van der Waals surface area contributed by atoms with Gasteiger partial charge in [-0.1, -0.05) is 0 Å². The molecule has 0 saturated carbocycles. The van der Waals surface area contributed by atoms with Crippen LogP contribution in [0.1, 0.15) is 0 Å². The topological polar surface area (TPSA) is 115 Å². The Bertz CT molecular complexity index is 809. The summed E-state index contributed by atoms with van der Waals surface area (Å²) >= 11 is 1.18. The second-order valence-corrected chi connectivity index (χ2v) is 4.79. The molecule has 3 N–H and O–H groups in total. The van der Waals surface area contributed by atoms with Gasteiger partial charge in [0, 0.05) is 12.7 Å². The lowest BCUT2D eigenvalue weighted by Crippen LogP contribution is -2.09. The first-order valence-corrected chi connectivity index (χ1v) is 6.15. The monoisotopic (exact) mass is 275 g/mol. The summed E-state index contributed by atoms with van der Waals surface area (Å²) in [5.74, 6) is 0. The normalized spacial score (nSPS) is 11.0. The Morgan fingerprint density at radius 3 is 3.00 bits per heavy atom. The molecule has 0 bridgehead atoms. The fourth-order valence-electron chi connectivity index (χ4n) is 1.58. The number of rotatable bonds is 2. The van der Waals surface area contributed by atoms with Gasteiger partial charge in [0.2, 0.25) is 5.16 Å². The van der Waals surface area contributed by atoms with Crippen LogP contribution in [0.4, 0.5) is 5.69 Å². The van der Waals surface area contributed by atoms with E-state index in [2.05, 4.69) is 25.5 Å². The maximum Gasteiger partial charge on any atom is 0.259 e. The Kier molecular flexibility index (Phi) is 2.67. The number of benzene rings is 1. The van der Waals surface area contributed by atoms with Gasteiger partial charge in [-0.25, -0.2) is 9.67 Å². The number of aryl methyl sites for hydroxylation is 1. The molecule has 0 fully saturated rings. The maximum atomic E-state index is 11.9. The van der Waals surface area contributed by atoms with Crippen LogP contribution in [-0.4, -0.2) is 30.2 Å². The van der Waals surface area contributed by atoms with Gasteiger partial charge in [0.25, 0.3) is 5.56 Å². The molecule has 2 heterocycles. The molecule has 0 radical (unpaired) electrons. The second-order valence-electron chi connectivity index (χ2n) is 3.83. The lowest BCUT2D eigenvalue weighted by atomic mass is 10.2. The van der Waals surface area contributed by atoms with Crippen LogP contribution in [0.2, 0.25) is 0 Å². The number of aromatic amines is 1. The number of tetrazole rings is 1. The molecule has 1 aromatic carbocycles. The smallest absolute Gasteiger partial charge is 0.259 e. The number of hydrogen-bond donors (Lipinski definition) is 2. The number of nitrogens with one attached hydrogen (secondary N) is 1. The first kappa shape index (κ1) is 11.7. The molecule has 3 aromatic rings. The van der Waals surface area contributed by atoms with E-state index in [0.717, 1.165) is 0 Å². The highest BCUT2D eigenvalue weighted by Gasteiger charge is 2.09. The number of fused-ring (bicyclic) bond motifs is 1. The van der Waals surface area contributed by atoms with Crippen LogP contribution >= 0.6 is 11.8 Å². The zero-order chi connectivity index (χ0) is 13.4. The lowest BCUT2D eigenvalue weighted by molar-refractivity contribution is 0.663. The van der Waals surface area contributed by atoms with E-state index in [0.29, 0.717) is 26.9 Å². The fourth-order valence-corrected chi connectivity index (χ4v) is 2.28. The van der Waals surface area contributed by atoms with Crippen LogP contribution in [0, 0.1) is 0 Å². The van der Waals surface area contributed by atoms with E-state index >= 15 is 0 Å². The number of nitrogens with zero attached hydrogens (tertiary/aromatic N) is 5. The lowest BCUT2D eigenvalue weighted by Gasteiger charge is -2.02. The first-order valence-electron chi connectivity index (χ1n) is 5.33.